The van der Waals surface area contributed by atoms with Crippen LogP contribution in [-0.4, -0.2) is 4.92 Å². The molecule has 0 aliphatic rings. The number of hydrogen-bond acceptors (Lipinski definition) is 6. The fourth-order valence-corrected chi connectivity index (χ4v) is 1.06. The number of rotatable bonds is 3. The van der Waals surface area contributed by atoms with E-state index in [0.717, 1.165) is 0 Å². The third kappa shape index (κ3) is 1.47. The minimum atomic E-state index is -0.763. The van der Waals surface area contributed by atoms with E-state index in [0.29, 0.717) is 0 Å². The van der Waals surface area contributed by atoms with Gasteiger partial charge in [0.15, 0.2) is 0 Å². The van der Waals surface area contributed by atoms with E-state index in [-0.39, 0.29) is 11.3 Å². The molecule has 0 aliphatic heterocycles. The van der Waals surface area contributed by atoms with Crippen LogP contribution in [0.15, 0.2) is 22.5 Å². The first kappa shape index (κ1) is 9.90. The fraction of sp³-hybridized carbons (Fsp3) is 0.143. The summed E-state index contributed by atoms with van der Waals surface area (Å²) in [7, 11) is 0. The summed E-state index contributed by atoms with van der Waals surface area (Å²) in [4.78, 5) is 30.3. The molecule has 72 valence electrons. The van der Waals surface area contributed by atoms with Crippen molar-refractivity contribution in [2.75, 3.05) is 0 Å². The molecule has 0 unspecified atom stereocenters. The fourth-order valence-electron chi connectivity index (χ4n) is 1.06. The average molecular weight is 195 g/mol. The summed E-state index contributed by atoms with van der Waals surface area (Å²) in [5.41, 5.74) is -1.06. The summed E-state index contributed by atoms with van der Waals surface area (Å²) in [5.74, 6) is 0. The van der Waals surface area contributed by atoms with Gasteiger partial charge in [-0.15, -0.1) is 9.81 Å². The molecular weight excluding hydrogens is 190 g/mol. The number of nitro groups is 1. The standard InChI is InChI=1S/C7H5N3O4/c1-4-2-3-5(8-11)6(9-12)7(4)10(13)14/h2-3H,1H3. The summed E-state index contributed by atoms with van der Waals surface area (Å²) < 4.78 is 0. The molecule has 0 aliphatic carbocycles. The minimum Gasteiger partial charge on any atom is -0.258 e. The maximum Gasteiger partial charge on any atom is 0.303 e. The van der Waals surface area contributed by atoms with Gasteiger partial charge in [-0.2, -0.15) is 0 Å². The topological polar surface area (TPSA) is 102 Å². The summed E-state index contributed by atoms with van der Waals surface area (Å²) >= 11 is 0. The molecule has 0 N–H and O–H groups in total. The molecule has 0 saturated heterocycles. The van der Waals surface area contributed by atoms with Crippen LogP contribution >= 0.6 is 0 Å². The number of aryl methyl sites for hydroxylation is 1. The normalized spacial score (nSPS) is 9.50. The first-order chi connectivity index (χ1) is 6.61. The molecule has 0 fully saturated rings. The molecule has 0 atom stereocenters. The van der Waals surface area contributed by atoms with Crippen LogP contribution in [0.3, 0.4) is 0 Å². The molecule has 0 heterocycles. The Bertz CT molecular complexity index is 416. The molecule has 7 heteroatoms. The van der Waals surface area contributed by atoms with Gasteiger partial charge in [0.25, 0.3) is 0 Å². The molecule has 0 saturated carbocycles. The predicted octanol–water partition coefficient (Wildman–Crippen LogP) is 2.70. The quantitative estimate of drug-likeness (QED) is 0.420. The molecule has 0 spiro atoms. The van der Waals surface area contributed by atoms with Crippen molar-refractivity contribution in [1.82, 2.24) is 0 Å². The molecule has 7 nitrogen and oxygen atoms in total. The monoisotopic (exact) mass is 195 g/mol. The van der Waals surface area contributed by atoms with Gasteiger partial charge in [0.2, 0.25) is 5.69 Å². The highest BCUT2D eigenvalue weighted by atomic mass is 16.6. The summed E-state index contributed by atoms with van der Waals surface area (Å²) in [6.45, 7) is 1.45. The SMILES string of the molecule is Cc1ccc(N=O)c(N=O)c1[N+](=O)[O-]. The first-order valence-electron chi connectivity index (χ1n) is 3.56. The van der Waals surface area contributed by atoms with E-state index in [1.165, 1.54) is 19.1 Å². The lowest BCUT2D eigenvalue weighted by Crippen LogP contribution is -1.91. The van der Waals surface area contributed by atoms with Crippen LogP contribution in [0, 0.1) is 26.9 Å². The molecule has 0 amide bonds. The van der Waals surface area contributed by atoms with Gasteiger partial charge < -0.3 is 0 Å². The maximum absolute atomic E-state index is 10.5. The van der Waals surface area contributed by atoms with Crippen LogP contribution in [-0.2, 0) is 0 Å². The second-order valence-corrected chi connectivity index (χ2v) is 2.54. The van der Waals surface area contributed by atoms with Crippen molar-refractivity contribution in [3.63, 3.8) is 0 Å². The Hall–Kier alpha value is -2.18. The van der Waals surface area contributed by atoms with E-state index in [9.17, 15) is 19.9 Å². The smallest absolute Gasteiger partial charge is 0.258 e. The van der Waals surface area contributed by atoms with Crippen molar-refractivity contribution >= 4 is 17.1 Å². The Kier molecular flexibility index (Phi) is 2.61. The van der Waals surface area contributed by atoms with Crippen LogP contribution in [0.25, 0.3) is 0 Å². The van der Waals surface area contributed by atoms with Crippen molar-refractivity contribution in [2.24, 2.45) is 10.4 Å². The molecule has 0 radical (unpaired) electrons. The molecule has 0 bridgehead atoms. The van der Waals surface area contributed by atoms with Crippen LogP contribution in [0.1, 0.15) is 5.56 Å². The van der Waals surface area contributed by atoms with Gasteiger partial charge in [-0.05, 0) is 23.3 Å². The first-order valence-corrected chi connectivity index (χ1v) is 3.56. The molecule has 1 aromatic rings. The van der Waals surface area contributed by atoms with Crippen LogP contribution < -0.4 is 0 Å². The second kappa shape index (κ2) is 3.69. The summed E-state index contributed by atoms with van der Waals surface area (Å²) in [6.07, 6.45) is 0. The van der Waals surface area contributed by atoms with E-state index in [2.05, 4.69) is 10.4 Å². The van der Waals surface area contributed by atoms with Crippen molar-refractivity contribution in [3.8, 4) is 0 Å². The van der Waals surface area contributed by atoms with Gasteiger partial charge in [-0.25, -0.2) is 0 Å². The van der Waals surface area contributed by atoms with Crippen molar-refractivity contribution in [2.45, 2.75) is 6.92 Å². The molecule has 0 aromatic heterocycles. The van der Waals surface area contributed by atoms with Gasteiger partial charge in [-0.1, -0.05) is 6.07 Å². The number of benzene rings is 1. The largest absolute Gasteiger partial charge is 0.303 e. The van der Waals surface area contributed by atoms with E-state index in [4.69, 9.17) is 0 Å². The summed E-state index contributed by atoms with van der Waals surface area (Å²) in [6, 6.07) is 2.55. The highest BCUT2D eigenvalue weighted by Gasteiger charge is 2.22. The van der Waals surface area contributed by atoms with Crippen LogP contribution in [0.2, 0.25) is 0 Å². The molecular formula is C7H5N3O4. The van der Waals surface area contributed by atoms with Crippen molar-refractivity contribution in [3.05, 3.63) is 37.6 Å². The van der Waals surface area contributed by atoms with Crippen molar-refractivity contribution < 1.29 is 4.92 Å². The predicted molar refractivity (Wildman–Crippen MR) is 48.7 cm³/mol. The average Bonchev–Trinajstić information content (AvgIpc) is 2.16. The third-order valence-corrected chi connectivity index (χ3v) is 1.70. The lowest BCUT2D eigenvalue weighted by Gasteiger charge is -1.99. The minimum absolute atomic E-state index is 0.261. The second-order valence-electron chi connectivity index (χ2n) is 2.54. The number of nitrogens with zero attached hydrogens (tertiary/aromatic N) is 3. The number of nitroso groups, excluding NO2 is 2. The zero-order valence-corrected chi connectivity index (χ0v) is 7.13. The molecule has 14 heavy (non-hydrogen) atoms. The number of hydrogen-bond donors (Lipinski definition) is 0. The van der Waals surface area contributed by atoms with Gasteiger partial charge >= 0.3 is 5.69 Å². The third-order valence-electron chi connectivity index (χ3n) is 1.70. The zero-order valence-electron chi connectivity index (χ0n) is 7.13. The Morgan fingerprint density at radius 2 is 1.93 bits per heavy atom. The van der Waals surface area contributed by atoms with E-state index in [1.807, 2.05) is 0 Å². The lowest BCUT2D eigenvalue weighted by atomic mass is 10.1. The van der Waals surface area contributed by atoms with E-state index in [1.54, 1.807) is 0 Å². The lowest BCUT2D eigenvalue weighted by molar-refractivity contribution is -0.384. The Balaban J connectivity index is 3.58. The van der Waals surface area contributed by atoms with Crippen LogP contribution in [0.5, 0.6) is 0 Å². The van der Waals surface area contributed by atoms with Crippen LogP contribution in [0.4, 0.5) is 17.1 Å². The Labute approximate surface area is 77.8 Å². The maximum atomic E-state index is 10.5. The van der Waals surface area contributed by atoms with Gasteiger partial charge in [0, 0.05) is 5.56 Å². The van der Waals surface area contributed by atoms with E-state index < -0.39 is 16.3 Å². The highest BCUT2D eigenvalue weighted by Crippen LogP contribution is 2.39. The zero-order chi connectivity index (χ0) is 10.7. The van der Waals surface area contributed by atoms with Gasteiger partial charge in [0.05, 0.1) is 4.92 Å². The van der Waals surface area contributed by atoms with Gasteiger partial charge in [0.1, 0.15) is 5.69 Å². The number of nitro benzene ring substituents is 1. The Morgan fingerprint density at radius 1 is 1.29 bits per heavy atom. The van der Waals surface area contributed by atoms with Crippen molar-refractivity contribution in [1.29, 1.82) is 0 Å². The van der Waals surface area contributed by atoms with E-state index >= 15 is 0 Å². The van der Waals surface area contributed by atoms with Gasteiger partial charge in [-0.3, -0.25) is 10.1 Å². The summed E-state index contributed by atoms with van der Waals surface area (Å²) in [5, 5.41) is 15.4. The highest BCUT2D eigenvalue weighted by molar-refractivity contribution is 5.75. The molecule has 1 rings (SSSR count). The molecule has 1 aromatic carbocycles. The Morgan fingerprint density at radius 3 is 2.36 bits per heavy atom.